The van der Waals surface area contributed by atoms with Gasteiger partial charge >= 0.3 is 0 Å². The second kappa shape index (κ2) is 12.5. The Hall–Kier alpha value is -0.890. The van der Waals surface area contributed by atoms with Crippen molar-refractivity contribution in [3.05, 3.63) is 30.1 Å². The Morgan fingerprint density at radius 3 is 2.96 bits per heavy atom. The van der Waals surface area contributed by atoms with Crippen LogP contribution in [0.4, 0.5) is 0 Å². The first kappa shape index (κ1) is 20.2. The monoisotopic (exact) mass is 432 g/mol. The van der Waals surface area contributed by atoms with Gasteiger partial charge in [0.2, 0.25) is 0 Å². The summed E-state index contributed by atoms with van der Waals surface area (Å²) in [5.74, 6) is 1.73. The minimum absolute atomic E-state index is 0. The zero-order valence-corrected chi connectivity index (χ0v) is 16.3. The lowest BCUT2D eigenvalue weighted by Crippen LogP contribution is -2.38. The molecule has 0 radical (unpaired) electrons. The van der Waals surface area contributed by atoms with Gasteiger partial charge in [-0.05, 0) is 50.2 Å². The highest BCUT2D eigenvalue weighted by Crippen LogP contribution is 2.28. The third-order valence-corrected chi connectivity index (χ3v) is 3.54. The Balaban J connectivity index is 0.00000264. The van der Waals surface area contributed by atoms with Gasteiger partial charge in [0, 0.05) is 45.2 Å². The molecule has 0 unspecified atom stereocenters. The van der Waals surface area contributed by atoms with E-state index in [2.05, 4.69) is 33.6 Å². The normalized spacial score (nSPS) is 14.2. The lowest BCUT2D eigenvalue weighted by Gasteiger charge is -2.11. The zero-order valence-electron chi connectivity index (χ0n) is 14.0. The third kappa shape index (κ3) is 9.76. The van der Waals surface area contributed by atoms with Crippen molar-refractivity contribution in [1.82, 2.24) is 15.6 Å². The fourth-order valence-corrected chi connectivity index (χ4v) is 2.10. The molecule has 1 aliphatic rings. The quantitative estimate of drug-likeness (QED) is 0.258. The minimum atomic E-state index is 0. The predicted octanol–water partition coefficient (Wildman–Crippen LogP) is 2.61. The second-order valence-electron chi connectivity index (χ2n) is 5.67. The van der Waals surface area contributed by atoms with Gasteiger partial charge in [-0.25, -0.2) is 0 Å². The van der Waals surface area contributed by atoms with Gasteiger partial charge in [-0.3, -0.25) is 9.98 Å². The summed E-state index contributed by atoms with van der Waals surface area (Å²) in [6.07, 6.45) is 8.33. The highest BCUT2D eigenvalue weighted by Gasteiger charge is 2.20. The van der Waals surface area contributed by atoms with Crippen molar-refractivity contribution < 1.29 is 4.74 Å². The van der Waals surface area contributed by atoms with Crippen molar-refractivity contribution in [1.29, 1.82) is 0 Å². The summed E-state index contributed by atoms with van der Waals surface area (Å²) in [6.45, 7) is 6.36. The maximum absolute atomic E-state index is 5.62. The lowest BCUT2D eigenvalue weighted by molar-refractivity contribution is 0.123. The van der Waals surface area contributed by atoms with Crippen molar-refractivity contribution in [2.75, 3.05) is 32.8 Å². The number of pyridine rings is 1. The molecule has 1 aromatic rings. The van der Waals surface area contributed by atoms with Gasteiger partial charge in [0.25, 0.3) is 0 Å². The summed E-state index contributed by atoms with van der Waals surface area (Å²) >= 11 is 0. The van der Waals surface area contributed by atoms with E-state index in [-0.39, 0.29) is 24.0 Å². The number of nitrogens with one attached hydrogen (secondary N) is 2. The largest absolute Gasteiger partial charge is 0.381 e. The van der Waals surface area contributed by atoms with Gasteiger partial charge < -0.3 is 15.4 Å². The predicted molar refractivity (Wildman–Crippen MR) is 105 cm³/mol. The fourth-order valence-electron chi connectivity index (χ4n) is 2.10. The van der Waals surface area contributed by atoms with Crippen LogP contribution in [-0.4, -0.2) is 43.8 Å². The number of rotatable bonds is 10. The number of nitrogens with zero attached hydrogens (tertiary/aromatic N) is 2. The molecule has 6 heteroatoms. The number of guanidine groups is 1. The molecule has 0 atom stereocenters. The van der Waals surface area contributed by atoms with Gasteiger partial charge in [0.15, 0.2) is 5.96 Å². The van der Waals surface area contributed by atoms with E-state index in [9.17, 15) is 0 Å². The Kier molecular flexibility index (Phi) is 11.0. The number of halogens is 1. The molecule has 1 aliphatic carbocycles. The van der Waals surface area contributed by atoms with E-state index in [0.29, 0.717) is 0 Å². The van der Waals surface area contributed by atoms with Crippen LogP contribution in [0.2, 0.25) is 0 Å². The van der Waals surface area contributed by atoms with E-state index in [0.717, 1.165) is 57.6 Å². The molecular formula is C17H29IN4O. The van der Waals surface area contributed by atoms with Gasteiger partial charge in [0.1, 0.15) is 0 Å². The molecule has 1 heterocycles. The molecule has 130 valence electrons. The fraction of sp³-hybridized carbons (Fsp3) is 0.647. The SMILES string of the molecule is CCNC(=NCCCOCC1CC1)NCCc1cccnc1.I. The summed E-state index contributed by atoms with van der Waals surface area (Å²) in [7, 11) is 0. The third-order valence-electron chi connectivity index (χ3n) is 3.54. The summed E-state index contributed by atoms with van der Waals surface area (Å²) < 4.78 is 5.62. The van der Waals surface area contributed by atoms with Crippen molar-refractivity contribution >= 4 is 29.9 Å². The standard InChI is InChI=1S/C17H28N4O.HI/c1-2-19-17(20-10-4-12-22-14-16-6-7-16)21-11-8-15-5-3-9-18-13-15;/h3,5,9,13,16H,2,4,6-8,10-12,14H2,1H3,(H2,19,20,21);1H. The highest BCUT2D eigenvalue weighted by atomic mass is 127. The number of aliphatic imine (C=N–C) groups is 1. The Morgan fingerprint density at radius 1 is 1.39 bits per heavy atom. The van der Waals surface area contributed by atoms with Crippen LogP contribution in [0.3, 0.4) is 0 Å². The van der Waals surface area contributed by atoms with Gasteiger partial charge in [-0.15, -0.1) is 24.0 Å². The van der Waals surface area contributed by atoms with Crippen LogP contribution < -0.4 is 10.6 Å². The van der Waals surface area contributed by atoms with Crippen LogP contribution >= 0.6 is 24.0 Å². The van der Waals surface area contributed by atoms with Gasteiger partial charge in [-0.1, -0.05) is 6.07 Å². The number of hydrogen-bond acceptors (Lipinski definition) is 3. The summed E-state index contributed by atoms with van der Waals surface area (Å²) in [5.41, 5.74) is 1.24. The molecule has 0 amide bonds. The van der Waals surface area contributed by atoms with Gasteiger partial charge in [0.05, 0.1) is 0 Å². The number of aromatic nitrogens is 1. The van der Waals surface area contributed by atoms with Crippen LogP contribution in [0.5, 0.6) is 0 Å². The zero-order chi connectivity index (χ0) is 15.5. The van der Waals surface area contributed by atoms with Crippen LogP contribution in [0.15, 0.2) is 29.5 Å². The number of hydrogen-bond donors (Lipinski definition) is 2. The van der Waals surface area contributed by atoms with Crippen molar-refractivity contribution in [3.8, 4) is 0 Å². The Bertz CT molecular complexity index is 437. The summed E-state index contributed by atoms with van der Waals surface area (Å²) in [5, 5.41) is 6.63. The first-order valence-corrected chi connectivity index (χ1v) is 8.37. The van der Waals surface area contributed by atoms with Gasteiger partial charge in [-0.2, -0.15) is 0 Å². The second-order valence-corrected chi connectivity index (χ2v) is 5.67. The molecular weight excluding hydrogens is 403 g/mol. The molecule has 23 heavy (non-hydrogen) atoms. The van der Waals surface area contributed by atoms with Crippen molar-refractivity contribution in [2.45, 2.75) is 32.6 Å². The van der Waals surface area contributed by atoms with E-state index in [1.807, 2.05) is 12.3 Å². The molecule has 0 bridgehead atoms. The maximum Gasteiger partial charge on any atom is 0.191 e. The summed E-state index contributed by atoms with van der Waals surface area (Å²) in [4.78, 5) is 8.70. The van der Waals surface area contributed by atoms with Crippen LogP contribution in [0.1, 0.15) is 31.7 Å². The maximum atomic E-state index is 5.62. The molecule has 0 aromatic carbocycles. The lowest BCUT2D eigenvalue weighted by atomic mass is 10.2. The van der Waals surface area contributed by atoms with Crippen molar-refractivity contribution in [2.24, 2.45) is 10.9 Å². The first-order valence-electron chi connectivity index (χ1n) is 8.37. The van der Waals surface area contributed by atoms with E-state index in [1.165, 1.54) is 18.4 Å². The molecule has 1 aromatic heterocycles. The minimum Gasteiger partial charge on any atom is -0.381 e. The molecule has 2 rings (SSSR count). The topological polar surface area (TPSA) is 58.5 Å². The van der Waals surface area contributed by atoms with Crippen LogP contribution in [0, 0.1) is 5.92 Å². The Morgan fingerprint density at radius 2 is 2.26 bits per heavy atom. The van der Waals surface area contributed by atoms with Crippen molar-refractivity contribution in [3.63, 3.8) is 0 Å². The average Bonchev–Trinajstić information content (AvgIpc) is 3.36. The molecule has 0 aliphatic heterocycles. The smallest absolute Gasteiger partial charge is 0.191 e. The first-order chi connectivity index (χ1) is 10.9. The van der Waals surface area contributed by atoms with E-state index in [4.69, 9.17) is 4.74 Å². The van der Waals surface area contributed by atoms with Crippen LogP contribution in [-0.2, 0) is 11.2 Å². The number of ether oxygens (including phenoxy) is 1. The van der Waals surface area contributed by atoms with E-state index < -0.39 is 0 Å². The van der Waals surface area contributed by atoms with Crippen LogP contribution in [0.25, 0.3) is 0 Å². The molecule has 1 saturated carbocycles. The molecule has 2 N–H and O–H groups in total. The Labute approximate surface area is 156 Å². The van der Waals surface area contributed by atoms with E-state index >= 15 is 0 Å². The molecule has 1 fully saturated rings. The molecule has 5 nitrogen and oxygen atoms in total. The average molecular weight is 432 g/mol. The molecule has 0 saturated heterocycles. The van der Waals surface area contributed by atoms with E-state index in [1.54, 1.807) is 6.20 Å². The molecule has 0 spiro atoms. The summed E-state index contributed by atoms with van der Waals surface area (Å²) in [6, 6.07) is 4.06. The highest BCUT2D eigenvalue weighted by molar-refractivity contribution is 14.0.